The number of carbonyl (C=O) groups is 1. The zero-order chi connectivity index (χ0) is 19.9. The molecule has 8 heteroatoms. The van der Waals surface area contributed by atoms with Gasteiger partial charge in [0.2, 0.25) is 15.9 Å². The van der Waals surface area contributed by atoms with Gasteiger partial charge in [0.15, 0.2) is 0 Å². The van der Waals surface area contributed by atoms with E-state index in [-0.39, 0.29) is 16.6 Å². The molecular weight excluding hydrogens is 383 g/mol. The van der Waals surface area contributed by atoms with Gasteiger partial charge in [0.1, 0.15) is 18.2 Å². The summed E-state index contributed by atoms with van der Waals surface area (Å²) in [6.07, 6.45) is 1.35. The van der Waals surface area contributed by atoms with Crippen LogP contribution in [0.2, 0.25) is 0 Å². The molecule has 148 valence electrons. The van der Waals surface area contributed by atoms with Crippen molar-refractivity contribution in [1.29, 1.82) is 0 Å². The lowest BCUT2D eigenvalue weighted by Crippen LogP contribution is -2.36. The molecule has 2 aromatic rings. The van der Waals surface area contributed by atoms with Gasteiger partial charge < -0.3 is 9.64 Å². The summed E-state index contributed by atoms with van der Waals surface area (Å²) in [6.45, 7) is 2.59. The Kier molecular flexibility index (Phi) is 4.84. The van der Waals surface area contributed by atoms with E-state index in [2.05, 4.69) is 0 Å². The van der Waals surface area contributed by atoms with Gasteiger partial charge in [0, 0.05) is 19.5 Å². The molecule has 6 nitrogen and oxygen atoms in total. The maximum atomic E-state index is 13.6. The molecule has 2 aromatic carbocycles. The first-order chi connectivity index (χ1) is 13.4. The molecule has 1 atom stereocenters. The van der Waals surface area contributed by atoms with E-state index in [0.29, 0.717) is 49.5 Å². The highest BCUT2D eigenvalue weighted by atomic mass is 32.2. The van der Waals surface area contributed by atoms with Crippen LogP contribution in [0, 0.1) is 5.82 Å². The van der Waals surface area contributed by atoms with Crippen molar-refractivity contribution >= 4 is 21.6 Å². The van der Waals surface area contributed by atoms with Crippen LogP contribution in [-0.4, -0.2) is 38.3 Å². The zero-order valence-corrected chi connectivity index (χ0v) is 16.3. The Morgan fingerprint density at radius 1 is 1.18 bits per heavy atom. The predicted octanol–water partition coefficient (Wildman–Crippen LogP) is 3.10. The quantitative estimate of drug-likeness (QED) is 0.789. The summed E-state index contributed by atoms with van der Waals surface area (Å²) in [5.41, 5.74) is 1.22. The molecule has 4 rings (SSSR count). The molecule has 1 saturated heterocycles. The smallest absolute Gasteiger partial charge is 0.243 e. The largest absolute Gasteiger partial charge is 0.489 e. The van der Waals surface area contributed by atoms with Crippen LogP contribution in [0.25, 0.3) is 0 Å². The normalized spacial score (nSPS) is 19.9. The van der Waals surface area contributed by atoms with Gasteiger partial charge in [-0.25, -0.2) is 12.8 Å². The molecule has 0 saturated carbocycles. The van der Waals surface area contributed by atoms with E-state index in [9.17, 15) is 17.6 Å². The fourth-order valence-corrected chi connectivity index (χ4v) is 5.60. The lowest BCUT2D eigenvalue weighted by molar-refractivity contribution is -0.116. The minimum Gasteiger partial charge on any atom is -0.489 e. The van der Waals surface area contributed by atoms with Crippen LogP contribution in [0.15, 0.2) is 47.4 Å². The van der Waals surface area contributed by atoms with Gasteiger partial charge in [-0.2, -0.15) is 4.31 Å². The lowest BCUT2D eigenvalue weighted by Gasteiger charge is -2.30. The number of rotatable bonds is 3. The van der Waals surface area contributed by atoms with Crippen molar-refractivity contribution in [1.82, 2.24) is 4.31 Å². The molecule has 0 radical (unpaired) electrons. The average molecular weight is 404 g/mol. The Balaban J connectivity index is 1.69. The van der Waals surface area contributed by atoms with Crippen LogP contribution >= 0.6 is 0 Å². The van der Waals surface area contributed by atoms with E-state index in [1.54, 1.807) is 23.1 Å². The van der Waals surface area contributed by atoms with Crippen molar-refractivity contribution in [3.8, 4) is 5.75 Å². The van der Waals surface area contributed by atoms with Crippen LogP contribution < -0.4 is 9.64 Å². The highest BCUT2D eigenvalue weighted by Gasteiger charge is 2.37. The minimum absolute atomic E-state index is 0.111. The molecule has 0 unspecified atom stereocenters. The zero-order valence-electron chi connectivity index (χ0n) is 15.5. The van der Waals surface area contributed by atoms with Crippen molar-refractivity contribution in [3.63, 3.8) is 0 Å². The molecular formula is C20H21FN2O4S. The van der Waals surface area contributed by atoms with Crippen molar-refractivity contribution in [2.45, 2.75) is 30.7 Å². The summed E-state index contributed by atoms with van der Waals surface area (Å²) in [5.74, 6) is -0.122. The van der Waals surface area contributed by atoms with Crippen molar-refractivity contribution in [2.24, 2.45) is 0 Å². The minimum atomic E-state index is -3.79. The number of hydrogen-bond donors (Lipinski definition) is 0. The van der Waals surface area contributed by atoms with E-state index in [0.717, 1.165) is 0 Å². The van der Waals surface area contributed by atoms with Gasteiger partial charge >= 0.3 is 0 Å². The molecule has 1 amide bonds. The lowest BCUT2D eigenvalue weighted by atomic mass is 10.1. The summed E-state index contributed by atoms with van der Waals surface area (Å²) in [5, 5.41) is 0. The van der Waals surface area contributed by atoms with E-state index in [4.69, 9.17) is 4.74 Å². The van der Waals surface area contributed by atoms with E-state index < -0.39 is 16.1 Å². The second-order valence-corrected chi connectivity index (χ2v) is 8.87. The topological polar surface area (TPSA) is 66.9 Å². The number of halogens is 1. The Labute approximate surface area is 163 Å². The van der Waals surface area contributed by atoms with Gasteiger partial charge in [-0.1, -0.05) is 12.1 Å². The van der Waals surface area contributed by atoms with Gasteiger partial charge in [-0.3, -0.25) is 4.79 Å². The Morgan fingerprint density at radius 3 is 2.75 bits per heavy atom. The van der Waals surface area contributed by atoms with Crippen LogP contribution in [0.1, 0.15) is 31.4 Å². The Hall–Kier alpha value is -2.45. The average Bonchev–Trinajstić information content (AvgIpc) is 3.17. The molecule has 1 fully saturated rings. The number of fused-ring (bicyclic) bond motifs is 1. The number of ether oxygens (including phenoxy) is 1. The fourth-order valence-electron chi connectivity index (χ4n) is 3.90. The van der Waals surface area contributed by atoms with Crippen molar-refractivity contribution < 1.29 is 22.3 Å². The van der Waals surface area contributed by atoms with Crippen molar-refractivity contribution in [2.75, 3.05) is 24.6 Å². The summed E-state index contributed by atoms with van der Waals surface area (Å²) in [7, 11) is -3.79. The third-order valence-electron chi connectivity index (χ3n) is 5.22. The number of sulfonamides is 1. The maximum absolute atomic E-state index is 13.6. The highest BCUT2D eigenvalue weighted by molar-refractivity contribution is 7.89. The Morgan fingerprint density at radius 2 is 2.00 bits per heavy atom. The SMILES string of the molecule is CC(=O)N1CCOc2cc(S(=O)(=O)N3CCC[C@H]3c3cccc(F)c3)ccc21. The summed E-state index contributed by atoms with van der Waals surface area (Å²) in [4.78, 5) is 13.5. The number of anilines is 1. The third-order valence-corrected chi connectivity index (χ3v) is 7.12. The van der Waals surface area contributed by atoms with Gasteiger partial charge in [0.25, 0.3) is 0 Å². The second kappa shape index (κ2) is 7.18. The molecule has 0 aromatic heterocycles. The molecule has 28 heavy (non-hydrogen) atoms. The number of benzene rings is 2. The van der Waals surface area contributed by atoms with E-state index in [1.165, 1.54) is 35.5 Å². The van der Waals surface area contributed by atoms with Crippen molar-refractivity contribution in [3.05, 3.63) is 53.8 Å². The molecule has 0 aliphatic carbocycles. The van der Waals surface area contributed by atoms with Gasteiger partial charge in [0.05, 0.1) is 23.2 Å². The van der Waals surface area contributed by atoms with Crippen LogP contribution in [0.5, 0.6) is 5.75 Å². The number of amides is 1. The standard InChI is InChI=1S/C20H21FN2O4S/c1-14(24)22-10-11-27-20-13-17(7-8-19(20)22)28(25,26)23-9-3-6-18(23)15-4-2-5-16(21)12-15/h2,4-5,7-8,12-13,18H,3,6,9-11H2,1H3/t18-/m0/s1. The molecule has 2 aliphatic rings. The van der Waals surface area contributed by atoms with E-state index in [1.807, 2.05) is 0 Å². The van der Waals surface area contributed by atoms with E-state index >= 15 is 0 Å². The molecule has 0 bridgehead atoms. The summed E-state index contributed by atoms with van der Waals surface area (Å²) >= 11 is 0. The van der Waals surface area contributed by atoms with Gasteiger partial charge in [-0.05, 0) is 42.7 Å². The number of nitrogens with zero attached hydrogens (tertiary/aromatic N) is 2. The maximum Gasteiger partial charge on any atom is 0.243 e. The molecule has 0 spiro atoms. The Bertz CT molecular complexity index is 1020. The first kappa shape index (κ1) is 18.9. The second-order valence-electron chi connectivity index (χ2n) is 6.98. The van der Waals surface area contributed by atoms with Crippen LogP contribution in [0.3, 0.4) is 0 Å². The molecule has 2 aliphatic heterocycles. The highest BCUT2D eigenvalue weighted by Crippen LogP contribution is 2.39. The number of hydrogen-bond acceptors (Lipinski definition) is 4. The fraction of sp³-hybridized carbons (Fsp3) is 0.350. The molecule has 0 N–H and O–H groups in total. The summed E-state index contributed by atoms with van der Waals surface area (Å²) in [6, 6.07) is 10.3. The monoisotopic (exact) mass is 404 g/mol. The predicted molar refractivity (Wildman–Crippen MR) is 102 cm³/mol. The van der Waals surface area contributed by atoms with Crippen LogP contribution in [-0.2, 0) is 14.8 Å². The number of carbonyl (C=O) groups excluding carboxylic acids is 1. The van der Waals surface area contributed by atoms with Crippen LogP contribution in [0.4, 0.5) is 10.1 Å². The van der Waals surface area contributed by atoms with Gasteiger partial charge in [-0.15, -0.1) is 0 Å². The first-order valence-corrected chi connectivity index (χ1v) is 10.6. The third kappa shape index (κ3) is 3.27. The summed E-state index contributed by atoms with van der Waals surface area (Å²) < 4.78 is 47.3. The first-order valence-electron chi connectivity index (χ1n) is 9.20. The molecule has 2 heterocycles.